The first-order valence-electron chi connectivity index (χ1n) is 7.12. The van der Waals surface area contributed by atoms with Gasteiger partial charge in [-0.05, 0) is 38.1 Å². The molecule has 0 unspecified atom stereocenters. The zero-order valence-corrected chi connectivity index (χ0v) is 15.9. The third kappa shape index (κ3) is 4.03. The smallest absolute Gasteiger partial charge is 0.269 e. The summed E-state index contributed by atoms with van der Waals surface area (Å²) >= 11 is 2.11. The lowest BCUT2D eigenvalue weighted by molar-refractivity contribution is 0.102. The van der Waals surface area contributed by atoms with Crippen molar-refractivity contribution in [3.8, 4) is 0 Å². The number of nitrogens with one attached hydrogen (secondary N) is 2. The number of carbonyl (C=O) groups excluding carboxylic acids is 1. The van der Waals surface area contributed by atoms with Crippen LogP contribution in [0.5, 0.6) is 0 Å². The maximum atomic E-state index is 12.9. The number of nitrogens with zero attached hydrogens (tertiary/aromatic N) is 3. The third-order valence-corrected chi connectivity index (χ3v) is 6.40. The lowest BCUT2D eigenvalue weighted by atomic mass is 10.4. The average molecular weight is 413 g/mol. The molecule has 136 valence electrons. The van der Waals surface area contributed by atoms with Crippen molar-refractivity contribution in [3.63, 3.8) is 0 Å². The van der Waals surface area contributed by atoms with Crippen LogP contribution in [0, 0.1) is 19.7 Å². The van der Waals surface area contributed by atoms with Gasteiger partial charge in [0.25, 0.3) is 15.9 Å². The van der Waals surface area contributed by atoms with E-state index in [0.717, 1.165) is 35.6 Å². The second-order valence-electron chi connectivity index (χ2n) is 5.07. The van der Waals surface area contributed by atoms with Gasteiger partial charge in [-0.2, -0.15) is 0 Å². The van der Waals surface area contributed by atoms with Gasteiger partial charge in [0.2, 0.25) is 5.13 Å². The number of sulfonamides is 1. The summed E-state index contributed by atoms with van der Waals surface area (Å²) in [5.74, 6) is -0.997. The number of carbonyl (C=O) groups is 1. The maximum Gasteiger partial charge on any atom is 0.269 e. The van der Waals surface area contributed by atoms with Crippen LogP contribution in [0.25, 0.3) is 0 Å². The number of hydrogen-bond acceptors (Lipinski definition) is 8. The average Bonchev–Trinajstić information content (AvgIpc) is 3.12. The van der Waals surface area contributed by atoms with E-state index in [9.17, 15) is 17.6 Å². The minimum atomic E-state index is -3.94. The van der Waals surface area contributed by atoms with Crippen molar-refractivity contribution in [3.05, 3.63) is 45.7 Å². The van der Waals surface area contributed by atoms with E-state index in [4.69, 9.17) is 0 Å². The van der Waals surface area contributed by atoms with E-state index in [1.807, 2.05) is 0 Å². The second kappa shape index (κ2) is 7.05. The molecular weight excluding hydrogens is 401 g/mol. The SMILES string of the molecule is Cc1nnc(NC(=O)c2sc(NS(=O)(=O)c3ccc(F)cc3)nc2C)s1. The monoisotopic (exact) mass is 413 g/mol. The molecule has 0 radical (unpaired) electrons. The lowest BCUT2D eigenvalue weighted by Crippen LogP contribution is -2.12. The van der Waals surface area contributed by atoms with Crippen LogP contribution in [-0.4, -0.2) is 29.5 Å². The van der Waals surface area contributed by atoms with Gasteiger partial charge in [0, 0.05) is 0 Å². The van der Waals surface area contributed by atoms with Crippen molar-refractivity contribution in [2.45, 2.75) is 18.7 Å². The number of hydrogen-bond donors (Lipinski definition) is 2. The van der Waals surface area contributed by atoms with Gasteiger partial charge >= 0.3 is 0 Å². The molecule has 8 nitrogen and oxygen atoms in total. The molecule has 12 heteroatoms. The van der Waals surface area contributed by atoms with Crippen LogP contribution in [-0.2, 0) is 10.0 Å². The molecule has 2 heterocycles. The van der Waals surface area contributed by atoms with Crippen molar-refractivity contribution < 1.29 is 17.6 Å². The standard InChI is InChI=1S/C14H12FN5O3S3/c1-7-11(12(21)17-13-19-18-8(2)24-13)25-14(16-7)20-26(22,23)10-5-3-9(15)4-6-10/h3-6H,1-2H3,(H,16,20)(H,17,19,21). The largest absolute Gasteiger partial charge is 0.296 e. The number of thiazole rings is 1. The Morgan fingerprint density at radius 2 is 1.77 bits per heavy atom. The third-order valence-electron chi connectivity index (χ3n) is 3.09. The van der Waals surface area contributed by atoms with E-state index in [1.165, 1.54) is 11.3 Å². The highest BCUT2D eigenvalue weighted by Gasteiger charge is 2.21. The van der Waals surface area contributed by atoms with Crippen LogP contribution in [0.15, 0.2) is 29.2 Å². The summed E-state index contributed by atoms with van der Waals surface area (Å²) in [6.07, 6.45) is 0. The molecule has 0 saturated heterocycles. The number of benzene rings is 1. The molecule has 2 N–H and O–H groups in total. The Morgan fingerprint density at radius 3 is 2.38 bits per heavy atom. The Kier molecular flexibility index (Phi) is 4.98. The minimum Gasteiger partial charge on any atom is -0.296 e. The molecule has 2 aromatic heterocycles. The number of amides is 1. The zero-order chi connectivity index (χ0) is 18.9. The number of halogens is 1. The predicted octanol–water partition coefficient (Wildman–Crippen LogP) is 2.80. The highest BCUT2D eigenvalue weighted by atomic mass is 32.2. The summed E-state index contributed by atoms with van der Waals surface area (Å²) in [6.45, 7) is 3.35. The van der Waals surface area contributed by atoms with Gasteiger partial charge < -0.3 is 0 Å². The summed E-state index contributed by atoms with van der Waals surface area (Å²) in [5, 5.41) is 11.3. The molecule has 1 amide bonds. The molecule has 0 aliphatic carbocycles. The summed E-state index contributed by atoms with van der Waals surface area (Å²) in [6, 6.07) is 4.38. The Hall–Kier alpha value is -2.44. The summed E-state index contributed by atoms with van der Waals surface area (Å²) in [5.41, 5.74) is 0.366. The molecule has 0 fully saturated rings. The molecule has 0 aliphatic rings. The Balaban J connectivity index is 1.79. The lowest BCUT2D eigenvalue weighted by Gasteiger charge is -2.04. The Morgan fingerprint density at radius 1 is 1.08 bits per heavy atom. The molecule has 0 bridgehead atoms. The summed E-state index contributed by atoms with van der Waals surface area (Å²) in [7, 11) is -3.94. The highest BCUT2D eigenvalue weighted by molar-refractivity contribution is 7.93. The van der Waals surface area contributed by atoms with Crippen LogP contribution >= 0.6 is 22.7 Å². The van der Waals surface area contributed by atoms with Crippen molar-refractivity contribution >= 4 is 48.9 Å². The second-order valence-corrected chi connectivity index (χ2v) is 8.94. The van der Waals surface area contributed by atoms with E-state index in [1.54, 1.807) is 13.8 Å². The van der Waals surface area contributed by atoms with Gasteiger partial charge in [0.15, 0.2) is 5.13 Å². The van der Waals surface area contributed by atoms with Crippen LogP contribution in [0.2, 0.25) is 0 Å². The van der Waals surface area contributed by atoms with Crippen molar-refractivity contribution in [1.82, 2.24) is 15.2 Å². The van der Waals surface area contributed by atoms with Crippen LogP contribution in [0.3, 0.4) is 0 Å². The normalized spacial score (nSPS) is 11.3. The minimum absolute atomic E-state index is 0.0328. The van der Waals surface area contributed by atoms with Gasteiger partial charge in [0.05, 0.1) is 10.6 Å². The molecule has 26 heavy (non-hydrogen) atoms. The van der Waals surface area contributed by atoms with Crippen LogP contribution in [0.1, 0.15) is 20.4 Å². The van der Waals surface area contributed by atoms with Crippen molar-refractivity contribution in [1.29, 1.82) is 0 Å². The predicted molar refractivity (Wildman–Crippen MR) is 96.7 cm³/mol. The number of aryl methyl sites for hydroxylation is 2. The molecule has 0 spiro atoms. The van der Waals surface area contributed by atoms with E-state index in [0.29, 0.717) is 15.8 Å². The Labute approximate surface area is 156 Å². The van der Waals surface area contributed by atoms with Gasteiger partial charge in [-0.3, -0.25) is 14.8 Å². The van der Waals surface area contributed by atoms with E-state index in [2.05, 4.69) is 25.2 Å². The first kappa shape index (κ1) is 18.4. The van der Waals surface area contributed by atoms with Gasteiger partial charge in [0.1, 0.15) is 15.7 Å². The number of anilines is 2. The molecule has 0 atom stereocenters. The first-order chi connectivity index (χ1) is 12.2. The fraction of sp³-hybridized carbons (Fsp3) is 0.143. The molecule has 3 aromatic rings. The van der Waals surface area contributed by atoms with E-state index in [-0.39, 0.29) is 14.9 Å². The van der Waals surface area contributed by atoms with Gasteiger partial charge in [-0.1, -0.05) is 22.7 Å². The van der Waals surface area contributed by atoms with Crippen LogP contribution < -0.4 is 10.0 Å². The fourth-order valence-corrected chi connectivity index (χ4v) is 4.62. The Bertz CT molecular complexity index is 1060. The van der Waals surface area contributed by atoms with E-state index < -0.39 is 21.7 Å². The van der Waals surface area contributed by atoms with Crippen LogP contribution in [0.4, 0.5) is 14.7 Å². The van der Waals surface area contributed by atoms with E-state index >= 15 is 0 Å². The summed E-state index contributed by atoms with van der Waals surface area (Å²) < 4.78 is 39.9. The topological polar surface area (TPSA) is 114 Å². The molecule has 1 aromatic carbocycles. The van der Waals surface area contributed by atoms with Gasteiger partial charge in [-0.25, -0.2) is 17.8 Å². The molecule has 0 aliphatic heterocycles. The maximum absolute atomic E-state index is 12.9. The molecular formula is C14H12FN5O3S3. The molecule has 0 saturated carbocycles. The zero-order valence-electron chi connectivity index (χ0n) is 13.5. The fourth-order valence-electron chi connectivity index (χ4n) is 1.94. The quantitative estimate of drug-likeness (QED) is 0.665. The highest BCUT2D eigenvalue weighted by Crippen LogP contribution is 2.26. The summed E-state index contributed by atoms with van der Waals surface area (Å²) in [4.78, 5) is 16.5. The number of rotatable bonds is 5. The van der Waals surface area contributed by atoms with Crippen molar-refractivity contribution in [2.24, 2.45) is 0 Å². The molecule has 3 rings (SSSR count). The number of aromatic nitrogens is 3. The first-order valence-corrected chi connectivity index (χ1v) is 10.2. The van der Waals surface area contributed by atoms with Gasteiger partial charge in [-0.15, -0.1) is 10.2 Å². The van der Waals surface area contributed by atoms with Crippen molar-refractivity contribution in [2.75, 3.05) is 10.0 Å².